The van der Waals surface area contributed by atoms with Gasteiger partial charge in [0.1, 0.15) is 5.69 Å². The van der Waals surface area contributed by atoms with Crippen LogP contribution in [-0.2, 0) is 16.6 Å². The lowest BCUT2D eigenvalue weighted by atomic mass is 10.1. The monoisotopic (exact) mass is 449 g/mol. The van der Waals surface area contributed by atoms with Crippen LogP contribution < -0.4 is 10.0 Å². The van der Waals surface area contributed by atoms with Crippen molar-refractivity contribution in [3.63, 3.8) is 0 Å². The Morgan fingerprint density at radius 2 is 1.75 bits per heavy atom. The fourth-order valence-electron chi connectivity index (χ4n) is 3.68. The highest BCUT2D eigenvalue weighted by molar-refractivity contribution is 7.92. The molecule has 4 rings (SSSR count). The second-order valence-corrected chi connectivity index (χ2v) is 9.02. The molecule has 2 heterocycles. The molecule has 1 amide bonds. The smallest absolute Gasteiger partial charge is 0.272 e. The summed E-state index contributed by atoms with van der Waals surface area (Å²) < 4.78 is 29.6. The molecule has 0 spiro atoms. The zero-order chi connectivity index (χ0) is 22.9. The first-order valence-corrected chi connectivity index (χ1v) is 11.6. The molecule has 0 radical (unpaired) electrons. The molecule has 32 heavy (non-hydrogen) atoms. The van der Waals surface area contributed by atoms with E-state index in [1.165, 1.54) is 18.3 Å². The zero-order valence-electron chi connectivity index (χ0n) is 18.0. The standard InChI is InChI=1S/C23H23N5O3S/c1-4-28-20-8-6-5-7-19(20)16(3)21(28)22(29)26-17-9-11-18(12-10-17)32(30,31)27-23-24-14-13-15(2)25-23/h5-14H,4H2,1-3H3,(H,26,29)(H,24,25,27). The second-order valence-electron chi connectivity index (χ2n) is 7.34. The van der Waals surface area contributed by atoms with Gasteiger partial charge in [-0.2, -0.15) is 0 Å². The minimum atomic E-state index is -3.85. The van der Waals surface area contributed by atoms with E-state index in [-0.39, 0.29) is 16.8 Å². The molecule has 8 nitrogen and oxygen atoms in total. The predicted octanol–water partition coefficient (Wildman–Crippen LogP) is 4.12. The molecular weight excluding hydrogens is 426 g/mol. The first-order valence-electron chi connectivity index (χ1n) is 10.1. The second kappa shape index (κ2) is 8.43. The Morgan fingerprint density at radius 1 is 1.03 bits per heavy atom. The van der Waals surface area contributed by atoms with Crippen molar-refractivity contribution in [2.75, 3.05) is 10.0 Å². The van der Waals surface area contributed by atoms with Gasteiger partial charge >= 0.3 is 0 Å². The summed E-state index contributed by atoms with van der Waals surface area (Å²) in [6.07, 6.45) is 1.48. The fraction of sp³-hybridized carbons (Fsp3) is 0.174. The molecule has 2 aromatic heterocycles. The van der Waals surface area contributed by atoms with Gasteiger partial charge in [-0.25, -0.2) is 23.1 Å². The number of aryl methyl sites for hydroxylation is 3. The van der Waals surface area contributed by atoms with Crippen molar-refractivity contribution < 1.29 is 13.2 Å². The molecule has 0 aliphatic carbocycles. The summed E-state index contributed by atoms with van der Waals surface area (Å²) in [5.74, 6) is -0.243. The molecule has 0 bridgehead atoms. The van der Waals surface area contributed by atoms with Crippen molar-refractivity contribution in [1.82, 2.24) is 14.5 Å². The van der Waals surface area contributed by atoms with Gasteiger partial charge in [0.25, 0.3) is 15.9 Å². The number of anilines is 2. The van der Waals surface area contributed by atoms with Crippen LogP contribution in [0.4, 0.5) is 11.6 Å². The number of carbonyl (C=O) groups is 1. The Hall–Kier alpha value is -3.72. The Balaban J connectivity index is 1.56. The van der Waals surface area contributed by atoms with Crippen LogP contribution >= 0.6 is 0 Å². The maximum absolute atomic E-state index is 13.1. The van der Waals surface area contributed by atoms with Crippen LogP contribution in [0, 0.1) is 13.8 Å². The summed E-state index contributed by atoms with van der Waals surface area (Å²) in [5.41, 5.74) is 3.64. The van der Waals surface area contributed by atoms with Crippen molar-refractivity contribution in [1.29, 1.82) is 0 Å². The third-order valence-electron chi connectivity index (χ3n) is 5.20. The Labute approximate surface area is 186 Å². The molecule has 2 aromatic carbocycles. The summed E-state index contributed by atoms with van der Waals surface area (Å²) in [7, 11) is -3.85. The van der Waals surface area contributed by atoms with Crippen molar-refractivity contribution in [3.05, 3.63) is 77.7 Å². The van der Waals surface area contributed by atoms with E-state index < -0.39 is 10.0 Å². The van der Waals surface area contributed by atoms with Gasteiger partial charge in [-0.05, 0) is 62.7 Å². The summed E-state index contributed by atoms with van der Waals surface area (Å²) in [5, 5.41) is 3.90. The van der Waals surface area contributed by atoms with Crippen LogP contribution in [0.15, 0.2) is 65.7 Å². The molecule has 0 saturated heterocycles. The average Bonchev–Trinajstić information content (AvgIpc) is 3.06. The van der Waals surface area contributed by atoms with Crippen LogP contribution in [0.2, 0.25) is 0 Å². The lowest BCUT2D eigenvalue weighted by molar-refractivity contribution is 0.101. The average molecular weight is 450 g/mol. The van der Waals surface area contributed by atoms with Crippen LogP contribution in [0.5, 0.6) is 0 Å². The Morgan fingerprint density at radius 3 is 2.44 bits per heavy atom. The molecule has 2 N–H and O–H groups in total. The summed E-state index contributed by atoms with van der Waals surface area (Å²) in [4.78, 5) is 21.1. The lowest BCUT2D eigenvalue weighted by Crippen LogP contribution is -2.18. The third kappa shape index (κ3) is 4.06. The van der Waals surface area contributed by atoms with Gasteiger partial charge in [-0.3, -0.25) is 4.79 Å². The number of nitrogens with one attached hydrogen (secondary N) is 2. The van der Waals surface area contributed by atoms with Crippen molar-refractivity contribution >= 4 is 38.5 Å². The van der Waals surface area contributed by atoms with Gasteiger partial charge in [0.05, 0.1) is 4.90 Å². The van der Waals surface area contributed by atoms with Gasteiger partial charge in [-0.15, -0.1) is 0 Å². The number of hydrogen-bond donors (Lipinski definition) is 2. The largest absolute Gasteiger partial charge is 0.337 e. The molecule has 4 aromatic rings. The molecule has 0 saturated carbocycles. The normalized spacial score (nSPS) is 11.5. The number of carbonyl (C=O) groups excluding carboxylic acids is 1. The summed E-state index contributed by atoms with van der Waals surface area (Å²) in [6, 6.07) is 15.5. The van der Waals surface area contributed by atoms with Crippen LogP contribution in [0.3, 0.4) is 0 Å². The number of amides is 1. The van der Waals surface area contributed by atoms with Crippen molar-refractivity contribution in [2.24, 2.45) is 0 Å². The van der Waals surface area contributed by atoms with Gasteiger partial charge in [0, 0.05) is 35.0 Å². The number of rotatable bonds is 6. The van der Waals surface area contributed by atoms with Crippen molar-refractivity contribution in [3.8, 4) is 0 Å². The number of nitrogens with zero attached hydrogens (tertiary/aromatic N) is 3. The maximum atomic E-state index is 13.1. The topological polar surface area (TPSA) is 106 Å². The fourth-order valence-corrected chi connectivity index (χ4v) is 4.63. The van der Waals surface area contributed by atoms with Crippen LogP contribution in [0.1, 0.15) is 28.7 Å². The van der Waals surface area contributed by atoms with E-state index in [0.717, 1.165) is 16.5 Å². The van der Waals surface area contributed by atoms with Crippen LogP contribution in [-0.4, -0.2) is 28.9 Å². The summed E-state index contributed by atoms with van der Waals surface area (Å²) >= 11 is 0. The van der Waals surface area contributed by atoms with Crippen LogP contribution in [0.25, 0.3) is 10.9 Å². The van der Waals surface area contributed by atoms with Gasteiger partial charge in [-0.1, -0.05) is 18.2 Å². The SMILES string of the molecule is CCn1c(C(=O)Nc2ccc(S(=O)(=O)Nc3nccc(C)n3)cc2)c(C)c2ccccc21. The number of sulfonamides is 1. The summed E-state index contributed by atoms with van der Waals surface area (Å²) in [6.45, 7) is 6.32. The quantitative estimate of drug-likeness (QED) is 0.461. The molecule has 0 unspecified atom stereocenters. The molecule has 164 valence electrons. The van der Waals surface area contributed by atoms with Crippen molar-refractivity contribution in [2.45, 2.75) is 32.2 Å². The van der Waals surface area contributed by atoms with E-state index in [2.05, 4.69) is 20.0 Å². The van der Waals surface area contributed by atoms with E-state index in [9.17, 15) is 13.2 Å². The first-order chi connectivity index (χ1) is 15.3. The highest BCUT2D eigenvalue weighted by Crippen LogP contribution is 2.26. The molecule has 0 atom stereocenters. The number of benzene rings is 2. The zero-order valence-corrected chi connectivity index (χ0v) is 18.8. The minimum absolute atomic E-state index is 0.00486. The Bertz CT molecular complexity index is 1410. The minimum Gasteiger partial charge on any atom is -0.337 e. The van der Waals surface area contributed by atoms with E-state index in [4.69, 9.17) is 0 Å². The molecule has 0 aliphatic rings. The van der Waals surface area contributed by atoms with E-state index in [1.807, 2.05) is 42.7 Å². The number of fused-ring (bicyclic) bond motifs is 1. The molecule has 9 heteroatoms. The molecular formula is C23H23N5O3S. The highest BCUT2D eigenvalue weighted by atomic mass is 32.2. The number of aromatic nitrogens is 3. The van der Waals surface area contributed by atoms with E-state index in [1.54, 1.807) is 25.1 Å². The van der Waals surface area contributed by atoms with E-state index in [0.29, 0.717) is 23.6 Å². The highest BCUT2D eigenvalue weighted by Gasteiger charge is 2.20. The third-order valence-corrected chi connectivity index (χ3v) is 6.54. The molecule has 0 aliphatic heterocycles. The predicted molar refractivity (Wildman–Crippen MR) is 124 cm³/mol. The number of hydrogen-bond acceptors (Lipinski definition) is 5. The van der Waals surface area contributed by atoms with Gasteiger partial charge < -0.3 is 9.88 Å². The van der Waals surface area contributed by atoms with Gasteiger partial charge in [0.2, 0.25) is 5.95 Å². The lowest BCUT2D eigenvalue weighted by Gasteiger charge is -2.11. The molecule has 0 fully saturated rings. The Kier molecular flexibility index (Phi) is 5.67. The first kappa shape index (κ1) is 21.5. The van der Waals surface area contributed by atoms with Gasteiger partial charge in [0.15, 0.2) is 0 Å². The van der Waals surface area contributed by atoms with E-state index >= 15 is 0 Å². The number of para-hydroxylation sites is 1. The maximum Gasteiger partial charge on any atom is 0.272 e.